The summed E-state index contributed by atoms with van der Waals surface area (Å²) in [6.45, 7) is 6.06. The second-order valence-electron chi connectivity index (χ2n) is 5.14. The zero-order chi connectivity index (χ0) is 15.2. The van der Waals surface area contributed by atoms with Gasteiger partial charge >= 0.3 is 5.97 Å². The van der Waals surface area contributed by atoms with E-state index >= 15 is 0 Å². The van der Waals surface area contributed by atoms with Gasteiger partial charge in [0.1, 0.15) is 5.54 Å². The number of benzene rings is 1. The molecule has 1 aromatic carbocycles. The van der Waals surface area contributed by atoms with Gasteiger partial charge in [-0.15, -0.1) is 0 Å². The zero-order valence-electron chi connectivity index (χ0n) is 12.2. The summed E-state index contributed by atoms with van der Waals surface area (Å²) in [5.41, 5.74) is -0.0415. The van der Waals surface area contributed by atoms with Gasteiger partial charge in [-0.3, -0.25) is 14.5 Å². The first kappa shape index (κ1) is 16.2. The molecule has 0 heterocycles. The number of rotatable bonds is 7. The summed E-state index contributed by atoms with van der Waals surface area (Å²) in [6, 6.07) is 9.60. The van der Waals surface area contributed by atoms with Gasteiger partial charge in [-0.1, -0.05) is 37.3 Å². The maximum Gasteiger partial charge on any atom is 0.323 e. The average Bonchev–Trinajstić information content (AvgIpc) is 2.43. The maximum absolute atomic E-state index is 11.9. The molecule has 0 unspecified atom stereocenters. The molecule has 0 aliphatic rings. The van der Waals surface area contributed by atoms with E-state index in [1.807, 2.05) is 37.3 Å². The minimum absolute atomic E-state index is 0.0721. The van der Waals surface area contributed by atoms with Crippen LogP contribution < -0.4 is 5.32 Å². The van der Waals surface area contributed by atoms with Gasteiger partial charge in [0.25, 0.3) is 0 Å². The van der Waals surface area contributed by atoms with Crippen molar-refractivity contribution in [1.29, 1.82) is 0 Å². The molecule has 0 aliphatic heterocycles. The molecule has 0 bridgehead atoms. The van der Waals surface area contributed by atoms with Crippen molar-refractivity contribution in [3.63, 3.8) is 0 Å². The quantitative estimate of drug-likeness (QED) is 0.793. The van der Waals surface area contributed by atoms with Crippen molar-refractivity contribution in [1.82, 2.24) is 10.2 Å². The summed E-state index contributed by atoms with van der Waals surface area (Å²) in [6.07, 6.45) is 0. The number of aliphatic carboxylic acids is 1. The van der Waals surface area contributed by atoms with Gasteiger partial charge in [0, 0.05) is 6.54 Å². The molecular weight excluding hydrogens is 256 g/mol. The summed E-state index contributed by atoms with van der Waals surface area (Å²) >= 11 is 0. The predicted molar refractivity (Wildman–Crippen MR) is 77.3 cm³/mol. The molecule has 0 saturated carbocycles. The standard InChI is InChI=1S/C15H22N2O3/c1-4-17(15(2,3)14(19)20)11-13(18)16-10-12-8-6-5-7-9-12/h5-9H,4,10-11H2,1-3H3,(H,16,18)(H,19,20). The van der Waals surface area contributed by atoms with E-state index in [-0.39, 0.29) is 12.5 Å². The first-order valence-corrected chi connectivity index (χ1v) is 6.67. The molecule has 0 fully saturated rings. The van der Waals surface area contributed by atoms with E-state index in [2.05, 4.69) is 5.32 Å². The van der Waals surface area contributed by atoms with E-state index in [1.54, 1.807) is 18.7 Å². The molecule has 5 heteroatoms. The molecule has 1 rings (SSSR count). The Bertz CT molecular complexity index is 457. The van der Waals surface area contributed by atoms with E-state index < -0.39 is 11.5 Å². The van der Waals surface area contributed by atoms with Crippen LogP contribution in [-0.4, -0.2) is 40.5 Å². The van der Waals surface area contributed by atoms with Crippen molar-refractivity contribution in [3.8, 4) is 0 Å². The van der Waals surface area contributed by atoms with Crippen LogP contribution in [0.2, 0.25) is 0 Å². The second-order valence-corrected chi connectivity index (χ2v) is 5.14. The number of carbonyl (C=O) groups excluding carboxylic acids is 1. The first-order chi connectivity index (χ1) is 9.37. The number of carboxylic acids is 1. The lowest BCUT2D eigenvalue weighted by Gasteiger charge is -2.33. The molecule has 110 valence electrons. The van der Waals surface area contributed by atoms with Crippen LogP contribution in [0, 0.1) is 0 Å². The fourth-order valence-electron chi connectivity index (χ4n) is 1.87. The third-order valence-corrected chi connectivity index (χ3v) is 3.36. The lowest BCUT2D eigenvalue weighted by Crippen LogP contribution is -2.53. The zero-order valence-corrected chi connectivity index (χ0v) is 12.2. The second kappa shape index (κ2) is 7.05. The first-order valence-electron chi connectivity index (χ1n) is 6.67. The Morgan fingerprint density at radius 3 is 2.35 bits per heavy atom. The highest BCUT2D eigenvalue weighted by molar-refractivity contribution is 5.81. The van der Waals surface area contributed by atoms with Crippen LogP contribution in [0.15, 0.2) is 30.3 Å². The summed E-state index contributed by atoms with van der Waals surface area (Å²) in [4.78, 5) is 24.8. The largest absolute Gasteiger partial charge is 0.480 e. The number of hydrogen-bond donors (Lipinski definition) is 2. The van der Waals surface area contributed by atoms with Crippen LogP contribution in [0.1, 0.15) is 26.3 Å². The molecule has 20 heavy (non-hydrogen) atoms. The van der Waals surface area contributed by atoms with Crippen molar-refractivity contribution in [2.45, 2.75) is 32.9 Å². The average molecular weight is 278 g/mol. The minimum atomic E-state index is -1.06. The molecule has 0 saturated heterocycles. The number of amides is 1. The maximum atomic E-state index is 11.9. The van der Waals surface area contributed by atoms with Crippen LogP contribution in [0.3, 0.4) is 0 Å². The van der Waals surface area contributed by atoms with Gasteiger partial charge in [-0.05, 0) is 26.0 Å². The molecule has 0 aromatic heterocycles. The van der Waals surface area contributed by atoms with Gasteiger partial charge in [0.05, 0.1) is 6.54 Å². The number of likely N-dealkylation sites (N-methyl/N-ethyl adjacent to an activating group) is 1. The Morgan fingerprint density at radius 1 is 1.25 bits per heavy atom. The van der Waals surface area contributed by atoms with E-state index in [0.29, 0.717) is 13.1 Å². The van der Waals surface area contributed by atoms with Crippen LogP contribution in [0.25, 0.3) is 0 Å². The molecule has 1 amide bonds. The van der Waals surface area contributed by atoms with Gasteiger partial charge in [0.2, 0.25) is 5.91 Å². The van der Waals surface area contributed by atoms with Gasteiger partial charge in [0.15, 0.2) is 0 Å². The van der Waals surface area contributed by atoms with Crippen LogP contribution >= 0.6 is 0 Å². The SMILES string of the molecule is CCN(CC(=O)NCc1ccccc1)C(C)(C)C(=O)O. The van der Waals surface area contributed by atoms with Crippen LogP contribution in [0.4, 0.5) is 0 Å². The van der Waals surface area contributed by atoms with Gasteiger partial charge in [-0.2, -0.15) is 0 Å². The molecule has 1 aromatic rings. The van der Waals surface area contributed by atoms with Crippen molar-refractivity contribution in [2.75, 3.05) is 13.1 Å². The molecule has 0 atom stereocenters. The summed E-state index contributed by atoms with van der Waals surface area (Å²) in [7, 11) is 0. The molecule has 0 aliphatic carbocycles. The molecule has 0 radical (unpaired) electrons. The van der Waals surface area contributed by atoms with Crippen molar-refractivity contribution in [3.05, 3.63) is 35.9 Å². The summed E-state index contributed by atoms with van der Waals surface area (Å²) in [5, 5.41) is 12.0. The Kier molecular flexibility index (Phi) is 5.70. The highest BCUT2D eigenvalue weighted by atomic mass is 16.4. The van der Waals surface area contributed by atoms with Crippen molar-refractivity contribution in [2.24, 2.45) is 0 Å². The Hall–Kier alpha value is -1.88. The predicted octanol–water partition coefficient (Wildman–Crippen LogP) is 1.49. The number of hydrogen-bond acceptors (Lipinski definition) is 3. The van der Waals surface area contributed by atoms with E-state index in [9.17, 15) is 14.7 Å². The molecular formula is C15H22N2O3. The topological polar surface area (TPSA) is 69.6 Å². The highest BCUT2D eigenvalue weighted by Gasteiger charge is 2.34. The lowest BCUT2D eigenvalue weighted by atomic mass is 10.0. The van der Waals surface area contributed by atoms with Crippen molar-refractivity contribution < 1.29 is 14.7 Å². The van der Waals surface area contributed by atoms with E-state index in [1.165, 1.54) is 0 Å². The van der Waals surface area contributed by atoms with Crippen molar-refractivity contribution >= 4 is 11.9 Å². The Morgan fingerprint density at radius 2 is 1.85 bits per heavy atom. The summed E-state index contributed by atoms with van der Waals surface area (Å²) < 4.78 is 0. The monoisotopic (exact) mass is 278 g/mol. The van der Waals surface area contributed by atoms with Crippen LogP contribution in [-0.2, 0) is 16.1 Å². The molecule has 5 nitrogen and oxygen atoms in total. The van der Waals surface area contributed by atoms with E-state index in [0.717, 1.165) is 5.56 Å². The smallest absolute Gasteiger partial charge is 0.323 e. The fourth-order valence-corrected chi connectivity index (χ4v) is 1.87. The Balaban J connectivity index is 2.54. The van der Waals surface area contributed by atoms with Gasteiger partial charge in [-0.25, -0.2) is 0 Å². The Labute approximate surface area is 119 Å². The third kappa shape index (κ3) is 4.35. The number of carbonyl (C=O) groups is 2. The number of nitrogens with one attached hydrogen (secondary N) is 1. The fraction of sp³-hybridized carbons (Fsp3) is 0.467. The van der Waals surface area contributed by atoms with E-state index in [4.69, 9.17) is 0 Å². The molecule has 2 N–H and O–H groups in total. The van der Waals surface area contributed by atoms with Gasteiger partial charge < -0.3 is 10.4 Å². The highest BCUT2D eigenvalue weighted by Crippen LogP contribution is 2.13. The number of carboxylic acid groups (broad SMARTS) is 1. The number of nitrogens with zero attached hydrogens (tertiary/aromatic N) is 1. The third-order valence-electron chi connectivity index (χ3n) is 3.36. The normalized spacial score (nSPS) is 11.4. The van der Waals surface area contributed by atoms with Crippen LogP contribution in [0.5, 0.6) is 0 Å². The minimum Gasteiger partial charge on any atom is -0.480 e. The summed E-state index contributed by atoms with van der Waals surface area (Å²) in [5.74, 6) is -1.11. The molecule has 0 spiro atoms. The lowest BCUT2D eigenvalue weighted by molar-refractivity contribution is -0.150.